The van der Waals surface area contributed by atoms with Crippen molar-refractivity contribution in [3.8, 4) is 11.5 Å². The van der Waals surface area contributed by atoms with Gasteiger partial charge >= 0.3 is 0 Å². The van der Waals surface area contributed by atoms with E-state index in [1.54, 1.807) is 0 Å². The average molecular weight is 166 g/mol. The zero-order valence-corrected chi connectivity index (χ0v) is 6.74. The summed E-state index contributed by atoms with van der Waals surface area (Å²) in [6.45, 7) is 1.85. The molecule has 0 unspecified atom stereocenters. The number of aldehydes is 1. The van der Waals surface area contributed by atoms with Crippen LogP contribution < -0.4 is 0 Å². The second-order valence-corrected chi connectivity index (χ2v) is 2.51. The Bertz CT molecular complexity index is 305. The second-order valence-electron chi connectivity index (χ2n) is 2.51. The van der Waals surface area contributed by atoms with Crippen molar-refractivity contribution in [1.82, 2.24) is 0 Å². The molecule has 0 spiro atoms. The van der Waals surface area contributed by atoms with Crippen LogP contribution in [-0.4, -0.2) is 16.5 Å². The molecular formula is C9H10O3. The lowest BCUT2D eigenvalue weighted by atomic mass is 10.0. The fraction of sp³-hybridized carbons (Fsp3) is 0.222. The maximum absolute atomic E-state index is 10.5. The van der Waals surface area contributed by atoms with Gasteiger partial charge in [0.05, 0.1) is 5.56 Å². The minimum atomic E-state index is -0.165. The zero-order chi connectivity index (χ0) is 9.14. The monoisotopic (exact) mass is 166 g/mol. The number of phenols is 2. The van der Waals surface area contributed by atoms with Crippen molar-refractivity contribution in [3.05, 3.63) is 23.3 Å². The van der Waals surface area contributed by atoms with E-state index in [0.717, 1.165) is 6.07 Å². The van der Waals surface area contributed by atoms with Crippen LogP contribution >= 0.6 is 0 Å². The van der Waals surface area contributed by atoms with Crippen LogP contribution in [0.1, 0.15) is 22.8 Å². The van der Waals surface area contributed by atoms with Crippen molar-refractivity contribution in [2.45, 2.75) is 13.3 Å². The number of hydrogen-bond donors (Lipinski definition) is 2. The number of benzene rings is 1. The Morgan fingerprint density at radius 3 is 2.58 bits per heavy atom. The summed E-state index contributed by atoms with van der Waals surface area (Å²) in [7, 11) is 0. The number of carbonyl (C=O) groups excluding carboxylic acids is 1. The molecule has 0 atom stereocenters. The van der Waals surface area contributed by atoms with Crippen molar-refractivity contribution in [2.75, 3.05) is 0 Å². The Kier molecular flexibility index (Phi) is 2.33. The van der Waals surface area contributed by atoms with E-state index in [9.17, 15) is 9.90 Å². The van der Waals surface area contributed by atoms with Gasteiger partial charge in [-0.15, -0.1) is 0 Å². The highest BCUT2D eigenvalue weighted by Gasteiger charge is 2.07. The normalized spacial score (nSPS) is 9.75. The predicted octanol–water partition coefficient (Wildman–Crippen LogP) is 1.47. The summed E-state index contributed by atoms with van der Waals surface area (Å²) in [4.78, 5) is 10.5. The summed E-state index contributed by atoms with van der Waals surface area (Å²) < 4.78 is 0. The first-order valence-electron chi connectivity index (χ1n) is 3.69. The first-order chi connectivity index (χ1) is 5.69. The molecule has 0 saturated carbocycles. The smallest absolute Gasteiger partial charge is 0.154 e. The maximum Gasteiger partial charge on any atom is 0.154 e. The molecule has 0 bridgehead atoms. The molecule has 1 aromatic carbocycles. The topological polar surface area (TPSA) is 57.5 Å². The Morgan fingerprint density at radius 2 is 2.08 bits per heavy atom. The Morgan fingerprint density at radius 1 is 1.42 bits per heavy atom. The molecule has 1 rings (SSSR count). The molecule has 0 aliphatic carbocycles. The molecule has 0 aliphatic heterocycles. The average Bonchev–Trinajstić information content (AvgIpc) is 2.03. The van der Waals surface area contributed by atoms with Gasteiger partial charge in [0.25, 0.3) is 0 Å². The standard InChI is InChI=1S/C9H10O3/c1-2-6-3-7(11)4-9(12)8(6)5-10/h3-5,11-12H,2H2,1H3. The van der Waals surface area contributed by atoms with Gasteiger partial charge in [0.2, 0.25) is 0 Å². The summed E-state index contributed by atoms with van der Waals surface area (Å²) in [6, 6.07) is 2.63. The van der Waals surface area contributed by atoms with Crippen molar-refractivity contribution in [2.24, 2.45) is 0 Å². The lowest BCUT2D eigenvalue weighted by molar-refractivity contribution is 0.112. The van der Waals surface area contributed by atoms with Crippen LogP contribution in [0.2, 0.25) is 0 Å². The molecule has 0 radical (unpaired) electrons. The third kappa shape index (κ3) is 1.39. The first kappa shape index (κ1) is 8.59. The second kappa shape index (κ2) is 3.26. The Labute approximate surface area is 70.3 Å². The molecule has 12 heavy (non-hydrogen) atoms. The van der Waals surface area contributed by atoms with Crippen molar-refractivity contribution < 1.29 is 15.0 Å². The molecule has 0 aromatic heterocycles. The molecule has 3 nitrogen and oxygen atoms in total. The molecule has 64 valence electrons. The summed E-state index contributed by atoms with van der Waals surface area (Å²) in [5, 5.41) is 18.3. The summed E-state index contributed by atoms with van der Waals surface area (Å²) >= 11 is 0. The number of hydrogen-bond acceptors (Lipinski definition) is 3. The van der Waals surface area contributed by atoms with E-state index in [4.69, 9.17) is 5.11 Å². The van der Waals surface area contributed by atoms with E-state index in [2.05, 4.69) is 0 Å². The maximum atomic E-state index is 10.5. The minimum absolute atomic E-state index is 0.0186. The van der Waals surface area contributed by atoms with Gasteiger partial charge in [-0.05, 0) is 18.1 Å². The van der Waals surface area contributed by atoms with Gasteiger partial charge in [0.1, 0.15) is 11.5 Å². The highest BCUT2D eigenvalue weighted by Crippen LogP contribution is 2.25. The highest BCUT2D eigenvalue weighted by molar-refractivity contribution is 5.82. The minimum Gasteiger partial charge on any atom is -0.508 e. The molecule has 0 fully saturated rings. The van der Waals surface area contributed by atoms with Crippen molar-refractivity contribution >= 4 is 6.29 Å². The lowest BCUT2D eigenvalue weighted by Crippen LogP contribution is -1.90. The van der Waals surface area contributed by atoms with Crippen LogP contribution in [0.15, 0.2) is 12.1 Å². The number of aryl methyl sites for hydroxylation is 1. The predicted molar refractivity (Wildman–Crippen MR) is 44.5 cm³/mol. The molecule has 2 N–H and O–H groups in total. The Hall–Kier alpha value is -1.51. The van der Waals surface area contributed by atoms with Crippen LogP contribution in [0.3, 0.4) is 0 Å². The number of phenolic OH excluding ortho intramolecular Hbond substituents is 2. The molecule has 0 amide bonds. The van der Waals surface area contributed by atoms with Gasteiger partial charge in [-0.2, -0.15) is 0 Å². The summed E-state index contributed by atoms with van der Waals surface area (Å²) in [5.74, 6) is -0.184. The van der Waals surface area contributed by atoms with Gasteiger partial charge < -0.3 is 10.2 Å². The van der Waals surface area contributed by atoms with Gasteiger partial charge in [-0.3, -0.25) is 4.79 Å². The third-order valence-corrected chi connectivity index (χ3v) is 1.73. The lowest BCUT2D eigenvalue weighted by Gasteiger charge is -2.04. The van der Waals surface area contributed by atoms with Crippen LogP contribution in [-0.2, 0) is 6.42 Å². The molecule has 0 heterocycles. The number of rotatable bonds is 2. The Balaban J connectivity index is 3.33. The largest absolute Gasteiger partial charge is 0.508 e. The fourth-order valence-electron chi connectivity index (χ4n) is 1.11. The van der Waals surface area contributed by atoms with Crippen LogP contribution in [0.5, 0.6) is 11.5 Å². The van der Waals surface area contributed by atoms with Crippen LogP contribution in [0, 0.1) is 0 Å². The first-order valence-corrected chi connectivity index (χ1v) is 3.69. The van der Waals surface area contributed by atoms with Crippen LogP contribution in [0.4, 0.5) is 0 Å². The number of aromatic hydroxyl groups is 2. The van der Waals surface area contributed by atoms with Gasteiger partial charge in [-0.25, -0.2) is 0 Å². The van der Waals surface area contributed by atoms with Gasteiger partial charge in [0.15, 0.2) is 6.29 Å². The van der Waals surface area contributed by atoms with E-state index >= 15 is 0 Å². The van der Waals surface area contributed by atoms with E-state index in [1.165, 1.54) is 6.07 Å². The number of carbonyl (C=O) groups is 1. The van der Waals surface area contributed by atoms with Crippen molar-refractivity contribution in [3.63, 3.8) is 0 Å². The molecule has 0 saturated heterocycles. The summed E-state index contributed by atoms with van der Waals surface area (Å²) in [5.41, 5.74) is 0.915. The molecular weight excluding hydrogens is 156 g/mol. The zero-order valence-electron chi connectivity index (χ0n) is 6.74. The van der Waals surface area contributed by atoms with Gasteiger partial charge in [0, 0.05) is 6.07 Å². The SMILES string of the molecule is CCc1cc(O)cc(O)c1C=O. The quantitative estimate of drug-likeness (QED) is 0.654. The van der Waals surface area contributed by atoms with E-state index in [1.807, 2.05) is 6.92 Å². The molecule has 0 aliphatic rings. The molecule has 3 heteroatoms. The van der Waals surface area contributed by atoms with E-state index < -0.39 is 0 Å². The summed E-state index contributed by atoms with van der Waals surface area (Å²) in [6.07, 6.45) is 1.20. The highest BCUT2D eigenvalue weighted by atomic mass is 16.3. The molecule has 1 aromatic rings. The fourth-order valence-corrected chi connectivity index (χ4v) is 1.11. The van der Waals surface area contributed by atoms with E-state index in [0.29, 0.717) is 18.3 Å². The van der Waals surface area contributed by atoms with Crippen LogP contribution in [0.25, 0.3) is 0 Å². The van der Waals surface area contributed by atoms with Gasteiger partial charge in [-0.1, -0.05) is 6.92 Å². The van der Waals surface area contributed by atoms with E-state index in [-0.39, 0.29) is 17.1 Å². The van der Waals surface area contributed by atoms with Crippen molar-refractivity contribution in [1.29, 1.82) is 0 Å². The third-order valence-electron chi connectivity index (χ3n) is 1.73.